The van der Waals surface area contributed by atoms with Crippen LogP contribution in [0.4, 0.5) is 4.39 Å². The number of nitrogens with one attached hydrogen (secondary N) is 2. The number of rotatable bonds is 4. The van der Waals surface area contributed by atoms with Gasteiger partial charge in [0.25, 0.3) is 0 Å². The molecule has 3 aromatic rings. The van der Waals surface area contributed by atoms with Gasteiger partial charge in [0.15, 0.2) is 5.43 Å². The van der Waals surface area contributed by atoms with Crippen molar-refractivity contribution in [2.45, 2.75) is 26.9 Å². The van der Waals surface area contributed by atoms with E-state index in [-0.39, 0.29) is 11.2 Å². The predicted octanol–water partition coefficient (Wildman–Crippen LogP) is 2.64. The van der Waals surface area contributed by atoms with Crippen molar-refractivity contribution in [2.75, 3.05) is 7.05 Å². The molecule has 0 atom stereocenters. The van der Waals surface area contributed by atoms with Crippen LogP contribution in [0.3, 0.4) is 0 Å². The molecule has 0 fully saturated rings. The average Bonchev–Trinajstić information content (AvgIpc) is 2.89. The van der Waals surface area contributed by atoms with Crippen molar-refractivity contribution < 1.29 is 4.39 Å². The first-order valence-corrected chi connectivity index (χ1v) is 7.44. The van der Waals surface area contributed by atoms with E-state index in [1.807, 2.05) is 18.9 Å². The standard InChI is InChI=1S/C17H19FN4O/c1-10-7-19-15(11(2)17(10)23)8-22(3)9-16-20-13-5-4-12(18)6-14(13)21-16/h4-7H,8-9H2,1-3H3,(H,19,23)(H,20,21). The van der Waals surface area contributed by atoms with Gasteiger partial charge in [-0.25, -0.2) is 9.37 Å². The molecule has 3 rings (SSSR count). The van der Waals surface area contributed by atoms with Crippen LogP contribution in [0.1, 0.15) is 22.6 Å². The number of halogens is 1. The highest BCUT2D eigenvalue weighted by Crippen LogP contribution is 2.14. The van der Waals surface area contributed by atoms with Crippen LogP contribution >= 0.6 is 0 Å². The molecule has 0 saturated carbocycles. The number of aromatic amines is 2. The van der Waals surface area contributed by atoms with Crippen LogP contribution in [0.25, 0.3) is 11.0 Å². The first-order chi connectivity index (χ1) is 10.9. The molecule has 120 valence electrons. The maximum atomic E-state index is 13.2. The van der Waals surface area contributed by atoms with Gasteiger partial charge in [0.2, 0.25) is 0 Å². The number of benzene rings is 1. The SMILES string of the molecule is Cc1c[nH]c(CN(C)Cc2nc3ccc(F)cc3[nH]2)c(C)c1=O. The predicted molar refractivity (Wildman–Crippen MR) is 87.8 cm³/mol. The molecule has 2 N–H and O–H groups in total. The molecule has 6 heteroatoms. The fraction of sp³-hybridized carbons (Fsp3) is 0.294. The highest BCUT2D eigenvalue weighted by Gasteiger charge is 2.10. The topological polar surface area (TPSA) is 64.8 Å². The van der Waals surface area contributed by atoms with E-state index in [1.165, 1.54) is 12.1 Å². The third-order valence-electron chi connectivity index (χ3n) is 3.96. The number of aromatic nitrogens is 3. The smallest absolute Gasteiger partial charge is 0.187 e. The Morgan fingerprint density at radius 2 is 2.04 bits per heavy atom. The quantitative estimate of drug-likeness (QED) is 0.778. The Balaban J connectivity index is 1.77. The minimum Gasteiger partial charge on any atom is -0.363 e. The Morgan fingerprint density at radius 3 is 2.83 bits per heavy atom. The van der Waals surface area contributed by atoms with Crippen molar-refractivity contribution in [1.82, 2.24) is 19.9 Å². The van der Waals surface area contributed by atoms with Crippen molar-refractivity contribution in [2.24, 2.45) is 0 Å². The zero-order valence-corrected chi connectivity index (χ0v) is 13.4. The molecule has 0 aliphatic heterocycles. The number of nitrogens with zero attached hydrogens (tertiary/aromatic N) is 2. The summed E-state index contributed by atoms with van der Waals surface area (Å²) < 4.78 is 13.2. The van der Waals surface area contributed by atoms with Crippen LogP contribution in [0, 0.1) is 19.7 Å². The Labute approximate surface area is 133 Å². The maximum absolute atomic E-state index is 13.2. The molecule has 0 saturated heterocycles. The molecular weight excluding hydrogens is 295 g/mol. The lowest BCUT2D eigenvalue weighted by molar-refractivity contribution is 0.307. The molecule has 5 nitrogen and oxygen atoms in total. The lowest BCUT2D eigenvalue weighted by Gasteiger charge is -2.16. The summed E-state index contributed by atoms with van der Waals surface area (Å²) in [5.74, 6) is 0.481. The van der Waals surface area contributed by atoms with Gasteiger partial charge in [-0.15, -0.1) is 0 Å². The van der Waals surface area contributed by atoms with Crippen LogP contribution in [-0.2, 0) is 13.1 Å². The highest BCUT2D eigenvalue weighted by atomic mass is 19.1. The van der Waals surface area contributed by atoms with Crippen LogP contribution in [-0.4, -0.2) is 26.9 Å². The number of H-pyrrole nitrogens is 2. The lowest BCUT2D eigenvalue weighted by atomic mass is 10.1. The summed E-state index contributed by atoms with van der Waals surface area (Å²) in [6.07, 6.45) is 1.74. The average molecular weight is 314 g/mol. The summed E-state index contributed by atoms with van der Waals surface area (Å²) in [6, 6.07) is 4.50. The van der Waals surface area contributed by atoms with Crippen LogP contribution < -0.4 is 5.43 Å². The van der Waals surface area contributed by atoms with E-state index >= 15 is 0 Å². The first-order valence-electron chi connectivity index (χ1n) is 7.44. The zero-order chi connectivity index (χ0) is 16.6. The van der Waals surface area contributed by atoms with Gasteiger partial charge < -0.3 is 9.97 Å². The van der Waals surface area contributed by atoms with Gasteiger partial charge in [-0.05, 0) is 39.1 Å². The number of aryl methyl sites for hydroxylation is 1. The number of hydrogen-bond donors (Lipinski definition) is 2. The molecule has 2 heterocycles. The van der Waals surface area contributed by atoms with Gasteiger partial charge in [0.05, 0.1) is 17.6 Å². The largest absolute Gasteiger partial charge is 0.363 e. The van der Waals surface area contributed by atoms with Gasteiger partial charge in [0, 0.05) is 29.6 Å². The molecule has 1 aromatic carbocycles. The highest BCUT2D eigenvalue weighted by molar-refractivity contribution is 5.74. The van der Waals surface area contributed by atoms with Crippen molar-refractivity contribution in [1.29, 1.82) is 0 Å². The third-order valence-corrected chi connectivity index (χ3v) is 3.96. The minimum atomic E-state index is -0.283. The van der Waals surface area contributed by atoms with E-state index in [0.29, 0.717) is 24.2 Å². The van der Waals surface area contributed by atoms with Crippen molar-refractivity contribution in [3.05, 3.63) is 63.1 Å². The second-order valence-electron chi connectivity index (χ2n) is 5.92. The van der Waals surface area contributed by atoms with E-state index in [9.17, 15) is 9.18 Å². The fourth-order valence-corrected chi connectivity index (χ4v) is 2.66. The van der Waals surface area contributed by atoms with E-state index < -0.39 is 0 Å². The van der Waals surface area contributed by atoms with Gasteiger partial charge in [-0.3, -0.25) is 9.69 Å². The number of hydrogen-bond acceptors (Lipinski definition) is 3. The molecule has 0 spiro atoms. The number of pyridine rings is 1. The normalized spacial score (nSPS) is 11.5. The molecule has 2 aromatic heterocycles. The summed E-state index contributed by atoms with van der Waals surface area (Å²) >= 11 is 0. The number of fused-ring (bicyclic) bond motifs is 1. The Kier molecular flexibility index (Phi) is 4.00. The molecule has 0 radical (unpaired) electrons. The van der Waals surface area contributed by atoms with Gasteiger partial charge in [-0.2, -0.15) is 0 Å². The monoisotopic (exact) mass is 314 g/mol. The van der Waals surface area contributed by atoms with E-state index in [0.717, 1.165) is 22.6 Å². The number of imidazole rings is 1. The summed E-state index contributed by atoms with van der Waals surface area (Å²) in [7, 11) is 1.95. The Bertz CT molecular complexity index is 913. The zero-order valence-electron chi connectivity index (χ0n) is 13.4. The van der Waals surface area contributed by atoms with Crippen LogP contribution in [0.15, 0.2) is 29.2 Å². The van der Waals surface area contributed by atoms with Crippen molar-refractivity contribution in [3.8, 4) is 0 Å². The van der Waals surface area contributed by atoms with E-state index in [4.69, 9.17) is 0 Å². The van der Waals surface area contributed by atoms with Crippen LogP contribution in [0.5, 0.6) is 0 Å². The summed E-state index contributed by atoms with van der Waals surface area (Å²) in [6.45, 7) is 4.81. The van der Waals surface area contributed by atoms with Gasteiger partial charge >= 0.3 is 0 Å². The Hall–Kier alpha value is -2.47. The summed E-state index contributed by atoms with van der Waals surface area (Å²) in [4.78, 5) is 24.8. The van der Waals surface area contributed by atoms with Crippen molar-refractivity contribution >= 4 is 11.0 Å². The molecule has 0 amide bonds. The molecule has 0 aliphatic carbocycles. The molecule has 0 unspecified atom stereocenters. The third kappa shape index (κ3) is 3.17. The van der Waals surface area contributed by atoms with Crippen LogP contribution in [0.2, 0.25) is 0 Å². The molecule has 0 aliphatic rings. The summed E-state index contributed by atoms with van der Waals surface area (Å²) in [5, 5.41) is 0. The molecular formula is C17H19FN4O. The maximum Gasteiger partial charge on any atom is 0.187 e. The first kappa shape index (κ1) is 15.4. The van der Waals surface area contributed by atoms with Gasteiger partial charge in [0.1, 0.15) is 11.6 Å². The second kappa shape index (κ2) is 5.96. The lowest BCUT2D eigenvalue weighted by Crippen LogP contribution is -2.22. The Morgan fingerprint density at radius 1 is 1.26 bits per heavy atom. The summed E-state index contributed by atoms with van der Waals surface area (Å²) in [5.41, 5.74) is 3.86. The van der Waals surface area contributed by atoms with Crippen molar-refractivity contribution in [3.63, 3.8) is 0 Å². The minimum absolute atomic E-state index is 0.0753. The molecule has 23 heavy (non-hydrogen) atoms. The van der Waals surface area contributed by atoms with Gasteiger partial charge in [-0.1, -0.05) is 0 Å². The second-order valence-corrected chi connectivity index (χ2v) is 5.92. The van der Waals surface area contributed by atoms with E-state index in [1.54, 1.807) is 19.2 Å². The van der Waals surface area contributed by atoms with E-state index in [2.05, 4.69) is 15.0 Å². The fourth-order valence-electron chi connectivity index (χ4n) is 2.66. The molecule has 0 bridgehead atoms.